The Labute approximate surface area is 141 Å². The number of ether oxygens (including phenoxy) is 1. The van der Waals surface area contributed by atoms with Crippen LogP contribution in [-0.4, -0.2) is 26.3 Å². The number of nitrogens with zero attached hydrogens (tertiary/aromatic N) is 1. The molecule has 2 aromatic rings. The van der Waals surface area contributed by atoms with Crippen LogP contribution in [0.1, 0.15) is 17.0 Å². The van der Waals surface area contributed by atoms with Crippen LogP contribution in [0.15, 0.2) is 53.4 Å². The van der Waals surface area contributed by atoms with Crippen LogP contribution < -0.4 is 10.5 Å². The molecule has 24 heavy (non-hydrogen) atoms. The SMILES string of the molecule is COc1ccc([C@@H]2[C@H](S(=O)(=O)c3ccc(C)cc3)[C@@]2(N)C#N)cc1. The zero-order valence-corrected chi connectivity index (χ0v) is 14.2. The van der Waals surface area contributed by atoms with Gasteiger partial charge in [-0.3, -0.25) is 0 Å². The molecule has 1 aliphatic carbocycles. The normalized spacial score (nSPS) is 25.8. The summed E-state index contributed by atoms with van der Waals surface area (Å²) in [6, 6.07) is 15.6. The number of hydrogen-bond acceptors (Lipinski definition) is 5. The van der Waals surface area contributed by atoms with E-state index in [0.29, 0.717) is 5.75 Å². The molecule has 3 atom stereocenters. The highest BCUT2D eigenvalue weighted by molar-refractivity contribution is 7.92. The van der Waals surface area contributed by atoms with Crippen molar-refractivity contribution in [2.75, 3.05) is 7.11 Å². The second-order valence-corrected chi connectivity index (χ2v) is 8.14. The molecule has 0 amide bonds. The van der Waals surface area contributed by atoms with Crippen molar-refractivity contribution in [2.24, 2.45) is 5.73 Å². The van der Waals surface area contributed by atoms with Crippen LogP contribution in [-0.2, 0) is 9.84 Å². The summed E-state index contributed by atoms with van der Waals surface area (Å²) < 4.78 is 31.0. The first kappa shape index (κ1) is 16.5. The van der Waals surface area contributed by atoms with Gasteiger partial charge in [-0.15, -0.1) is 0 Å². The molecule has 0 aliphatic heterocycles. The van der Waals surface area contributed by atoms with Gasteiger partial charge in [-0.25, -0.2) is 8.42 Å². The average molecular weight is 342 g/mol. The third kappa shape index (κ3) is 2.46. The predicted octanol–water partition coefficient (Wildman–Crippen LogP) is 2.16. The lowest BCUT2D eigenvalue weighted by Gasteiger charge is -2.05. The fourth-order valence-corrected chi connectivity index (χ4v) is 5.26. The van der Waals surface area contributed by atoms with Crippen LogP contribution >= 0.6 is 0 Å². The van der Waals surface area contributed by atoms with E-state index in [2.05, 4.69) is 0 Å². The molecule has 1 fully saturated rings. The highest BCUT2D eigenvalue weighted by Gasteiger charge is 2.70. The highest BCUT2D eigenvalue weighted by Crippen LogP contribution is 2.55. The molecule has 0 aromatic heterocycles. The van der Waals surface area contributed by atoms with Crippen LogP contribution in [0.2, 0.25) is 0 Å². The maximum atomic E-state index is 12.9. The number of methoxy groups -OCH3 is 1. The maximum Gasteiger partial charge on any atom is 0.184 e. The molecule has 1 saturated carbocycles. The van der Waals surface area contributed by atoms with Gasteiger partial charge >= 0.3 is 0 Å². The summed E-state index contributed by atoms with van der Waals surface area (Å²) in [7, 11) is -2.14. The molecule has 0 radical (unpaired) electrons. The monoisotopic (exact) mass is 342 g/mol. The molecule has 2 aromatic carbocycles. The fourth-order valence-electron chi connectivity index (χ4n) is 3.08. The third-order valence-corrected chi connectivity index (χ3v) is 6.79. The summed E-state index contributed by atoms with van der Waals surface area (Å²) in [6.45, 7) is 1.89. The van der Waals surface area contributed by atoms with Gasteiger partial charge in [0.15, 0.2) is 9.84 Å². The van der Waals surface area contributed by atoms with Crippen LogP contribution in [0.5, 0.6) is 5.75 Å². The van der Waals surface area contributed by atoms with Crippen LogP contribution in [0.3, 0.4) is 0 Å². The van der Waals surface area contributed by atoms with Crippen molar-refractivity contribution in [3.63, 3.8) is 0 Å². The fraction of sp³-hybridized carbons (Fsp3) is 0.278. The van der Waals surface area contributed by atoms with Gasteiger partial charge in [0.25, 0.3) is 0 Å². The van der Waals surface area contributed by atoms with E-state index in [0.717, 1.165) is 11.1 Å². The Bertz CT molecular complexity index is 899. The Hall–Kier alpha value is -2.36. The number of aryl methyl sites for hydroxylation is 1. The Morgan fingerprint density at radius 2 is 1.71 bits per heavy atom. The molecule has 2 N–H and O–H groups in total. The minimum absolute atomic E-state index is 0.194. The van der Waals surface area contributed by atoms with Crippen molar-refractivity contribution >= 4 is 9.84 Å². The van der Waals surface area contributed by atoms with E-state index in [1.165, 1.54) is 0 Å². The standard InChI is InChI=1S/C18H18N2O3S/c1-12-3-9-15(10-4-12)24(21,22)17-16(18(17,20)11-19)13-5-7-14(23-2)8-6-13/h3-10,16-17H,20H2,1-2H3/t16-,17+,18-/m1/s1. The smallest absolute Gasteiger partial charge is 0.184 e. The average Bonchev–Trinajstić information content (AvgIpc) is 3.23. The molecule has 1 aliphatic rings. The van der Waals surface area contributed by atoms with Gasteiger partial charge in [0.1, 0.15) is 16.5 Å². The summed E-state index contributed by atoms with van der Waals surface area (Å²) in [5, 5.41) is 8.51. The van der Waals surface area contributed by atoms with Crippen molar-refractivity contribution < 1.29 is 13.2 Å². The first-order chi connectivity index (χ1) is 11.3. The van der Waals surface area contributed by atoms with E-state index >= 15 is 0 Å². The second-order valence-electron chi connectivity index (χ2n) is 6.07. The molecular weight excluding hydrogens is 324 g/mol. The van der Waals surface area contributed by atoms with E-state index < -0.39 is 26.5 Å². The van der Waals surface area contributed by atoms with Gasteiger partial charge in [-0.1, -0.05) is 29.8 Å². The first-order valence-electron chi connectivity index (χ1n) is 7.49. The highest BCUT2D eigenvalue weighted by atomic mass is 32.2. The van der Waals surface area contributed by atoms with Gasteiger partial charge in [0, 0.05) is 5.92 Å². The largest absolute Gasteiger partial charge is 0.497 e. The molecule has 0 unspecified atom stereocenters. The summed E-state index contributed by atoms with van der Waals surface area (Å²) in [5.74, 6) is 0.108. The van der Waals surface area contributed by atoms with E-state index in [1.807, 2.05) is 13.0 Å². The molecule has 124 valence electrons. The summed E-state index contributed by atoms with van der Waals surface area (Å²) in [4.78, 5) is 0.194. The molecule has 0 spiro atoms. The lowest BCUT2D eigenvalue weighted by Crippen LogP contribution is -2.29. The molecule has 6 heteroatoms. The molecule has 5 nitrogen and oxygen atoms in total. The van der Waals surface area contributed by atoms with Gasteiger partial charge in [0.2, 0.25) is 0 Å². The molecule has 0 saturated heterocycles. The minimum Gasteiger partial charge on any atom is -0.497 e. The zero-order chi connectivity index (χ0) is 17.5. The predicted molar refractivity (Wildman–Crippen MR) is 90.4 cm³/mol. The number of sulfone groups is 1. The quantitative estimate of drug-likeness (QED) is 0.919. The lowest BCUT2D eigenvalue weighted by molar-refractivity contribution is 0.414. The van der Waals surface area contributed by atoms with Crippen molar-refractivity contribution in [3.8, 4) is 11.8 Å². The van der Waals surface area contributed by atoms with Crippen LogP contribution in [0.4, 0.5) is 0 Å². The zero-order valence-electron chi connectivity index (χ0n) is 13.4. The number of benzene rings is 2. The van der Waals surface area contributed by atoms with Crippen LogP contribution in [0.25, 0.3) is 0 Å². The Balaban J connectivity index is 2.00. The minimum atomic E-state index is -3.69. The van der Waals surface area contributed by atoms with Crippen molar-refractivity contribution in [1.82, 2.24) is 0 Å². The maximum absolute atomic E-state index is 12.9. The van der Waals surface area contributed by atoms with E-state index in [1.54, 1.807) is 55.6 Å². The van der Waals surface area contributed by atoms with E-state index in [4.69, 9.17) is 10.5 Å². The third-order valence-electron chi connectivity index (χ3n) is 4.53. The van der Waals surface area contributed by atoms with Gasteiger partial charge in [0.05, 0.1) is 18.1 Å². The van der Waals surface area contributed by atoms with Gasteiger partial charge < -0.3 is 10.5 Å². The Morgan fingerprint density at radius 1 is 1.12 bits per heavy atom. The molecular formula is C18H18N2O3S. The van der Waals surface area contributed by atoms with Gasteiger partial charge in [-0.2, -0.15) is 5.26 Å². The number of hydrogen-bond donors (Lipinski definition) is 1. The number of nitriles is 1. The second kappa shape index (κ2) is 5.62. The number of rotatable bonds is 4. The lowest BCUT2D eigenvalue weighted by atomic mass is 10.1. The summed E-state index contributed by atoms with van der Waals surface area (Å²) >= 11 is 0. The molecule has 0 heterocycles. The number of nitrogens with two attached hydrogens (primary N) is 1. The topological polar surface area (TPSA) is 93.2 Å². The van der Waals surface area contributed by atoms with Crippen LogP contribution in [0, 0.1) is 18.3 Å². The van der Waals surface area contributed by atoms with Crippen molar-refractivity contribution in [1.29, 1.82) is 5.26 Å². The Morgan fingerprint density at radius 3 is 2.21 bits per heavy atom. The van der Waals surface area contributed by atoms with Crippen molar-refractivity contribution in [2.45, 2.75) is 28.5 Å². The molecule has 0 bridgehead atoms. The van der Waals surface area contributed by atoms with E-state index in [9.17, 15) is 13.7 Å². The summed E-state index contributed by atoms with van der Waals surface area (Å²) in [6.07, 6.45) is 0. The Kier molecular flexibility index (Phi) is 3.86. The van der Waals surface area contributed by atoms with Gasteiger partial charge in [-0.05, 0) is 36.8 Å². The first-order valence-corrected chi connectivity index (χ1v) is 9.04. The van der Waals surface area contributed by atoms with E-state index in [-0.39, 0.29) is 4.90 Å². The molecule has 3 rings (SSSR count). The van der Waals surface area contributed by atoms with Crippen molar-refractivity contribution in [3.05, 3.63) is 59.7 Å². The summed E-state index contributed by atoms with van der Waals surface area (Å²) in [5.41, 5.74) is 6.39.